The van der Waals surface area contributed by atoms with Crippen molar-refractivity contribution in [3.8, 4) is 5.75 Å². The summed E-state index contributed by atoms with van der Waals surface area (Å²) in [5.41, 5.74) is 3.69. The molecule has 2 aromatic carbocycles. The number of nitrogens with one attached hydrogen (secondary N) is 2. The van der Waals surface area contributed by atoms with Crippen LogP contribution in [-0.2, 0) is 13.0 Å². The molecule has 2 rings (SSSR count). The van der Waals surface area contributed by atoms with Crippen molar-refractivity contribution in [3.05, 3.63) is 59.2 Å². The Bertz CT molecular complexity index is 654. The smallest absolute Gasteiger partial charge is 0.319 e. The van der Waals surface area contributed by atoms with Crippen molar-refractivity contribution in [1.82, 2.24) is 5.32 Å². The van der Waals surface area contributed by atoms with Gasteiger partial charge in [-0.1, -0.05) is 24.3 Å². The third-order valence-electron chi connectivity index (χ3n) is 3.56. The number of carbonyl (C=O) groups excluding carboxylic acids is 1. The number of anilines is 1. The molecule has 0 heterocycles. The molecule has 0 radical (unpaired) electrons. The number of urea groups is 1. The number of amides is 2. The Hall–Kier alpha value is -2.53. The lowest BCUT2D eigenvalue weighted by molar-refractivity contribution is 0.252. The predicted octanol–water partition coefficient (Wildman–Crippen LogP) is 2.86. The van der Waals surface area contributed by atoms with E-state index in [4.69, 9.17) is 9.84 Å². The Morgan fingerprint density at radius 1 is 1.13 bits per heavy atom. The summed E-state index contributed by atoms with van der Waals surface area (Å²) in [7, 11) is 1.62. The largest absolute Gasteiger partial charge is 0.496 e. The number of aryl methyl sites for hydroxylation is 1. The Labute approximate surface area is 136 Å². The minimum absolute atomic E-state index is 0.0439. The van der Waals surface area contributed by atoms with E-state index in [1.165, 1.54) is 0 Å². The fourth-order valence-corrected chi connectivity index (χ4v) is 2.26. The Morgan fingerprint density at radius 3 is 2.43 bits per heavy atom. The Morgan fingerprint density at radius 2 is 1.83 bits per heavy atom. The molecule has 122 valence electrons. The van der Waals surface area contributed by atoms with Crippen molar-refractivity contribution in [2.75, 3.05) is 19.0 Å². The molecule has 0 aliphatic rings. The monoisotopic (exact) mass is 314 g/mol. The molecular formula is C18H22N2O3. The normalized spacial score (nSPS) is 10.2. The fraction of sp³-hybridized carbons (Fsp3) is 0.278. The summed E-state index contributed by atoms with van der Waals surface area (Å²) in [4.78, 5) is 11.9. The van der Waals surface area contributed by atoms with E-state index in [1.54, 1.807) is 13.2 Å². The van der Waals surface area contributed by atoms with E-state index in [-0.39, 0.29) is 12.6 Å². The van der Waals surface area contributed by atoms with Crippen LogP contribution in [0.3, 0.4) is 0 Å². The van der Waals surface area contributed by atoms with Crippen molar-refractivity contribution in [2.24, 2.45) is 0 Å². The quantitative estimate of drug-likeness (QED) is 0.768. The van der Waals surface area contributed by atoms with Crippen LogP contribution in [0.5, 0.6) is 5.75 Å². The van der Waals surface area contributed by atoms with E-state index in [0.717, 1.165) is 34.5 Å². The Balaban J connectivity index is 1.79. The van der Waals surface area contributed by atoms with E-state index in [1.807, 2.05) is 43.3 Å². The van der Waals surface area contributed by atoms with Crippen LogP contribution in [0.4, 0.5) is 10.5 Å². The molecule has 0 aromatic heterocycles. The van der Waals surface area contributed by atoms with Gasteiger partial charge in [-0.05, 0) is 48.2 Å². The molecular weight excluding hydrogens is 292 g/mol. The summed E-state index contributed by atoms with van der Waals surface area (Å²) in [5, 5.41) is 14.6. The maximum Gasteiger partial charge on any atom is 0.319 e. The number of aliphatic hydroxyl groups is 1. The van der Waals surface area contributed by atoms with Gasteiger partial charge in [0.05, 0.1) is 13.7 Å². The van der Waals surface area contributed by atoms with Gasteiger partial charge in [-0.3, -0.25) is 0 Å². The predicted molar refractivity (Wildman–Crippen MR) is 90.8 cm³/mol. The first-order chi connectivity index (χ1) is 11.1. The lowest BCUT2D eigenvalue weighted by Crippen LogP contribution is -2.30. The second kappa shape index (κ2) is 8.19. The molecule has 0 aliphatic carbocycles. The summed E-state index contributed by atoms with van der Waals surface area (Å²) in [6.07, 6.45) is 0.737. The molecule has 2 amide bonds. The second-order valence-corrected chi connectivity index (χ2v) is 5.29. The van der Waals surface area contributed by atoms with Crippen LogP contribution in [-0.4, -0.2) is 24.8 Å². The molecule has 0 atom stereocenters. The number of ether oxygens (including phenoxy) is 1. The van der Waals surface area contributed by atoms with Gasteiger partial charge in [0.2, 0.25) is 0 Å². The Kier molecular flexibility index (Phi) is 6.00. The van der Waals surface area contributed by atoms with Gasteiger partial charge in [0.15, 0.2) is 0 Å². The molecule has 5 heteroatoms. The average Bonchev–Trinajstić information content (AvgIpc) is 2.55. The molecule has 2 aromatic rings. The van der Waals surface area contributed by atoms with Crippen molar-refractivity contribution in [3.63, 3.8) is 0 Å². The van der Waals surface area contributed by atoms with Crippen LogP contribution in [0.2, 0.25) is 0 Å². The highest BCUT2D eigenvalue weighted by atomic mass is 16.5. The van der Waals surface area contributed by atoms with Gasteiger partial charge < -0.3 is 20.5 Å². The van der Waals surface area contributed by atoms with Crippen molar-refractivity contribution >= 4 is 11.7 Å². The number of carbonyl (C=O) groups is 1. The first-order valence-corrected chi connectivity index (χ1v) is 7.50. The van der Waals surface area contributed by atoms with Gasteiger partial charge >= 0.3 is 6.03 Å². The SMILES string of the molecule is COc1ccc(NC(=O)NCCc2ccc(CO)cc2)cc1C. The van der Waals surface area contributed by atoms with Gasteiger partial charge in [0.25, 0.3) is 0 Å². The molecule has 23 heavy (non-hydrogen) atoms. The average molecular weight is 314 g/mol. The number of hydrogen-bond acceptors (Lipinski definition) is 3. The van der Waals surface area contributed by atoms with Crippen molar-refractivity contribution < 1.29 is 14.6 Å². The van der Waals surface area contributed by atoms with Crippen LogP contribution in [0.25, 0.3) is 0 Å². The van der Waals surface area contributed by atoms with E-state index in [9.17, 15) is 4.79 Å². The molecule has 3 N–H and O–H groups in total. The summed E-state index contributed by atoms with van der Waals surface area (Å²) in [6, 6.07) is 12.9. The molecule has 0 bridgehead atoms. The molecule has 0 fully saturated rings. The van der Waals surface area contributed by atoms with Crippen molar-refractivity contribution in [2.45, 2.75) is 20.0 Å². The number of hydrogen-bond donors (Lipinski definition) is 3. The highest BCUT2D eigenvalue weighted by Crippen LogP contribution is 2.21. The maximum absolute atomic E-state index is 11.9. The van der Waals surface area contributed by atoms with E-state index in [2.05, 4.69) is 10.6 Å². The van der Waals surface area contributed by atoms with E-state index in [0.29, 0.717) is 6.54 Å². The minimum Gasteiger partial charge on any atom is -0.496 e. The zero-order valence-corrected chi connectivity index (χ0v) is 13.4. The van der Waals surface area contributed by atoms with Gasteiger partial charge in [-0.2, -0.15) is 0 Å². The van der Waals surface area contributed by atoms with Gasteiger partial charge in [-0.25, -0.2) is 4.79 Å². The molecule has 0 saturated heterocycles. The van der Waals surface area contributed by atoms with Crippen LogP contribution in [0.15, 0.2) is 42.5 Å². The molecule has 5 nitrogen and oxygen atoms in total. The highest BCUT2D eigenvalue weighted by molar-refractivity contribution is 5.89. The van der Waals surface area contributed by atoms with Crippen LogP contribution in [0.1, 0.15) is 16.7 Å². The minimum atomic E-state index is -0.235. The standard InChI is InChI=1S/C18H22N2O3/c1-13-11-16(7-8-17(13)23-2)20-18(22)19-10-9-14-3-5-15(12-21)6-4-14/h3-8,11,21H,9-10,12H2,1-2H3,(H2,19,20,22). The number of aliphatic hydroxyl groups excluding tert-OH is 1. The summed E-state index contributed by atoms with van der Waals surface area (Å²) < 4.78 is 5.19. The van der Waals surface area contributed by atoms with Crippen LogP contribution < -0.4 is 15.4 Å². The fourth-order valence-electron chi connectivity index (χ4n) is 2.26. The topological polar surface area (TPSA) is 70.6 Å². The lowest BCUT2D eigenvalue weighted by Gasteiger charge is -2.10. The number of rotatable bonds is 6. The van der Waals surface area contributed by atoms with Gasteiger partial charge in [-0.15, -0.1) is 0 Å². The first-order valence-electron chi connectivity index (χ1n) is 7.50. The molecule has 0 saturated carbocycles. The van der Waals surface area contributed by atoms with Crippen LogP contribution >= 0.6 is 0 Å². The maximum atomic E-state index is 11.9. The lowest BCUT2D eigenvalue weighted by atomic mass is 10.1. The molecule has 0 aliphatic heterocycles. The number of methoxy groups -OCH3 is 1. The first kappa shape index (κ1) is 16.8. The number of benzene rings is 2. The third-order valence-corrected chi connectivity index (χ3v) is 3.56. The van der Waals surface area contributed by atoms with E-state index < -0.39 is 0 Å². The van der Waals surface area contributed by atoms with Gasteiger partial charge in [0, 0.05) is 12.2 Å². The molecule has 0 unspecified atom stereocenters. The summed E-state index contributed by atoms with van der Waals surface area (Å²) in [6.45, 7) is 2.51. The van der Waals surface area contributed by atoms with Crippen molar-refractivity contribution in [1.29, 1.82) is 0 Å². The zero-order valence-electron chi connectivity index (χ0n) is 13.4. The second-order valence-electron chi connectivity index (χ2n) is 5.29. The highest BCUT2D eigenvalue weighted by Gasteiger charge is 2.04. The molecule has 0 spiro atoms. The summed E-state index contributed by atoms with van der Waals surface area (Å²) >= 11 is 0. The van der Waals surface area contributed by atoms with Gasteiger partial charge in [0.1, 0.15) is 5.75 Å². The van der Waals surface area contributed by atoms with E-state index >= 15 is 0 Å². The summed E-state index contributed by atoms with van der Waals surface area (Å²) in [5.74, 6) is 0.794. The third kappa shape index (κ3) is 5.00. The van der Waals surface area contributed by atoms with Crippen LogP contribution in [0, 0.1) is 6.92 Å². The zero-order chi connectivity index (χ0) is 16.7.